The molecule has 4 heteroatoms. The second-order valence-corrected chi connectivity index (χ2v) is 4.26. The smallest absolute Gasteiger partial charge is 0.317 e. The van der Waals surface area contributed by atoms with Crippen molar-refractivity contribution in [3.63, 3.8) is 0 Å². The summed E-state index contributed by atoms with van der Waals surface area (Å²) in [6.45, 7) is 1.87. The molecule has 0 aliphatic heterocycles. The Bertz CT molecular complexity index is 372. The van der Waals surface area contributed by atoms with Crippen molar-refractivity contribution in [1.29, 1.82) is 0 Å². The molecule has 0 aliphatic carbocycles. The Hall–Kier alpha value is -1.84. The van der Waals surface area contributed by atoms with Gasteiger partial charge < -0.3 is 10.2 Å². The van der Waals surface area contributed by atoms with Gasteiger partial charge in [-0.15, -0.1) is 0 Å². The average molecular weight is 236 g/mol. The molecule has 0 saturated carbocycles. The Morgan fingerprint density at radius 2 is 1.65 bits per heavy atom. The third-order valence-corrected chi connectivity index (χ3v) is 2.66. The van der Waals surface area contributed by atoms with Crippen LogP contribution in [0.5, 0.6) is 0 Å². The topological polar surface area (TPSA) is 74.6 Å². The molecule has 0 bridgehead atoms. The largest absolute Gasteiger partial charge is 0.481 e. The molecule has 0 fully saturated rings. The summed E-state index contributed by atoms with van der Waals surface area (Å²) in [5.74, 6) is -3.82. The van der Waals surface area contributed by atoms with Gasteiger partial charge >= 0.3 is 11.9 Å². The molecular formula is C13H16O4. The fourth-order valence-electron chi connectivity index (χ4n) is 1.81. The van der Waals surface area contributed by atoms with Crippen LogP contribution in [0.1, 0.15) is 18.9 Å². The lowest BCUT2D eigenvalue weighted by Gasteiger charge is -2.14. The molecule has 0 spiro atoms. The van der Waals surface area contributed by atoms with E-state index < -0.39 is 17.9 Å². The molecule has 1 aromatic rings. The van der Waals surface area contributed by atoms with Crippen molar-refractivity contribution in [3.8, 4) is 0 Å². The fourth-order valence-corrected chi connectivity index (χ4v) is 1.81. The highest BCUT2D eigenvalue weighted by molar-refractivity contribution is 5.92. The van der Waals surface area contributed by atoms with Crippen molar-refractivity contribution in [2.45, 2.75) is 19.8 Å². The van der Waals surface area contributed by atoms with Crippen LogP contribution in [0.2, 0.25) is 0 Å². The summed E-state index contributed by atoms with van der Waals surface area (Å²) in [5, 5.41) is 17.6. The zero-order valence-electron chi connectivity index (χ0n) is 9.67. The molecule has 2 N–H and O–H groups in total. The van der Waals surface area contributed by atoms with Gasteiger partial charge in [0.2, 0.25) is 0 Å². The first-order chi connectivity index (χ1) is 8.00. The summed E-state index contributed by atoms with van der Waals surface area (Å²) in [4.78, 5) is 21.5. The first-order valence-corrected chi connectivity index (χ1v) is 5.50. The van der Waals surface area contributed by atoms with Crippen LogP contribution in [0, 0.1) is 11.8 Å². The van der Waals surface area contributed by atoms with Crippen LogP contribution < -0.4 is 0 Å². The van der Waals surface area contributed by atoms with Gasteiger partial charge in [-0.05, 0) is 24.3 Å². The highest BCUT2D eigenvalue weighted by atomic mass is 16.4. The summed E-state index contributed by atoms with van der Waals surface area (Å²) >= 11 is 0. The quantitative estimate of drug-likeness (QED) is 0.741. The van der Waals surface area contributed by atoms with Gasteiger partial charge in [-0.1, -0.05) is 37.3 Å². The molecule has 0 amide bonds. The van der Waals surface area contributed by atoms with Gasteiger partial charge in [-0.3, -0.25) is 9.59 Å². The van der Waals surface area contributed by atoms with Gasteiger partial charge in [0.15, 0.2) is 5.92 Å². The predicted molar refractivity (Wildman–Crippen MR) is 62.7 cm³/mol. The van der Waals surface area contributed by atoms with E-state index in [1.165, 1.54) is 0 Å². The van der Waals surface area contributed by atoms with E-state index in [9.17, 15) is 9.59 Å². The van der Waals surface area contributed by atoms with Crippen LogP contribution in [0.25, 0.3) is 0 Å². The molecule has 17 heavy (non-hydrogen) atoms. The number of aliphatic carboxylic acids is 2. The van der Waals surface area contributed by atoms with Crippen LogP contribution >= 0.6 is 0 Å². The van der Waals surface area contributed by atoms with E-state index in [0.29, 0.717) is 6.42 Å². The summed E-state index contributed by atoms with van der Waals surface area (Å²) in [6.07, 6.45) is 0.845. The van der Waals surface area contributed by atoms with E-state index in [-0.39, 0.29) is 12.3 Å². The predicted octanol–water partition coefficient (Wildman–Crippen LogP) is 2.04. The number of carboxylic acid groups (broad SMARTS) is 2. The SMILES string of the molecule is C[C@@H](Cc1ccccc1)CC(C(=O)O)C(=O)O. The van der Waals surface area contributed by atoms with Crippen molar-refractivity contribution in [3.05, 3.63) is 35.9 Å². The Morgan fingerprint density at radius 3 is 2.12 bits per heavy atom. The third kappa shape index (κ3) is 4.26. The highest BCUT2D eigenvalue weighted by Gasteiger charge is 2.27. The second kappa shape index (κ2) is 6.03. The van der Waals surface area contributed by atoms with Gasteiger partial charge in [0.25, 0.3) is 0 Å². The number of carboxylic acids is 2. The van der Waals surface area contributed by atoms with Gasteiger partial charge in [-0.2, -0.15) is 0 Å². The minimum atomic E-state index is -1.31. The molecule has 0 unspecified atom stereocenters. The minimum absolute atomic E-state index is 0.0228. The van der Waals surface area contributed by atoms with E-state index >= 15 is 0 Å². The van der Waals surface area contributed by atoms with Crippen LogP contribution in [-0.4, -0.2) is 22.2 Å². The molecule has 92 valence electrons. The monoisotopic (exact) mass is 236 g/mol. The summed E-state index contributed by atoms with van der Waals surface area (Å²) < 4.78 is 0. The molecule has 1 aromatic carbocycles. The molecule has 1 atom stereocenters. The summed E-state index contributed by atoms with van der Waals surface area (Å²) in [5.41, 5.74) is 1.09. The maximum Gasteiger partial charge on any atom is 0.317 e. The molecule has 0 radical (unpaired) electrons. The maximum absolute atomic E-state index is 10.7. The second-order valence-electron chi connectivity index (χ2n) is 4.26. The van der Waals surface area contributed by atoms with E-state index in [0.717, 1.165) is 5.56 Å². The van der Waals surface area contributed by atoms with Crippen molar-refractivity contribution in [2.24, 2.45) is 11.8 Å². The van der Waals surface area contributed by atoms with Crippen LogP contribution in [0.3, 0.4) is 0 Å². The molecule has 0 heterocycles. The van der Waals surface area contributed by atoms with E-state index in [4.69, 9.17) is 10.2 Å². The van der Waals surface area contributed by atoms with Crippen molar-refractivity contribution < 1.29 is 19.8 Å². The number of rotatable bonds is 6. The van der Waals surface area contributed by atoms with Gasteiger partial charge in [0.1, 0.15) is 0 Å². The van der Waals surface area contributed by atoms with Crippen LogP contribution in [0.4, 0.5) is 0 Å². The van der Waals surface area contributed by atoms with E-state index in [2.05, 4.69) is 0 Å². The first kappa shape index (κ1) is 13.2. The van der Waals surface area contributed by atoms with Crippen LogP contribution in [0.15, 0.2) is 30.3 Å². The lowest BCUT2D eigenvalue weighted by molar-refractivity contribution is -0.155. The lowest BCUT2D eigenvalue weighted by atomic mass is 9.91. The Morgan fingerprint density at radius 1 is 1.12 bits per heavy atom. The zero-order chi connectivity index (χ0) is 12.8. The molecule has 0 aromatic heterocycles. The molecule has 4 nitrogen and oxygen atoms in total. The molecular weight excluding hydrogens is 220 g/mol. The molecule has 0 saturated heterocycles. The summed E-state index contributed by atoms with van der Waals surface area (Å²) in [7, 11) is 0. The summed E-state index contributed by atoms with van der Waals surface area (Å²) in [6, 6.07) is 9.63. The lowest BCUT2D eigenvalue weighted by Crippen LogP contribution is -2.25. The number of benzene rings is 1. The zero-order valence-corrected chi connectivity index (χ0v) is 9.67. The Labute approximate surface area is 99.9 Å². The number of hydrogen-bond acceptors (Lipinski definition) is 2. The molecule has 0 aliphatic rings. The Kier molecular flexibility index (Phi) is 4.69. The fraction of sp³-hybridized carbons (Fsp3) is 0.385. The average Bonchev–Trinajstić information content (AvgIpc) is 2.26. The highest BCUT2D eigenvalue weighted by Crippen LogP contribution is 2.17. The Balaban J connectivity index is 2.57. The van der Waals surface area contributed by atoms with Gasteiger partial charge in [0, 0.05) is 0 Å². The standard InChI is InChI=1S/C13H16O4/c1-9(7-10-5-3-2-4-6-10)8-11(12(14)15)13(16)17/h2-6,9,11H,7-8H2,1H3,(H,14,15)(H,16,17)/t9-/m0/s1. The van der Waals surface area contributed by atoms with Gasteiger partial charge in [-0.25, -0.2) is 0 Å². The molecule has 1 rings (SSSR count). The van der Waals surface area contributed by atoms with Gasteiger partial charge in [0.05, 0.1) is 0 Å². The normalized spacial score (nSPS) is 12.4. The minimum Gasteiger partial charge on any atom is -0.481 e. The van der Waals surface area contributed by atoms with E-state index in [1.54, 1.807) is 0 Å². The third-order valence-electron chi connectivity index (χ3n) is 2.66. The van der Waals surface area contributed by atoms with Crippen LogP contribution in [-0.2, 0) is 16.0 Å². The van der Waals surface area contributed by atoms with Crippen molar-refractivity contribution >= 4 is 11.9 Å². The number of hydrogen-bond donors (Lipinski definition) is 2. The van der Waals surface area contributed by atoms with E-state index in [1.807, 2.05) is 37.3 Å². The van der Waals surface area contributed by atoms with Crippen molar-refractivity contribution in [1.82, 2.24) is 0 Å². The van der Waals surface area contributed by atoms with Crippen molar-refractivity contribution in [2.75, 3.05) is 0 Å². The maximum atomic E-state index is 10.7. The first-order valence-electron chi connectivity index (χ1n) is 5.50. The number of carbonyl (C=O) groups is 2.